The third-order valence-corrected chi connectivity index (χ3v) is 41.0. The van der Waals surface area contributed by atoms with Crippen LogP contribution in [0.1, 0.15) is 20.8 Å². The van der Waals surface area contributed by atoms with Crippen molar-refractivity contribution in [1.82, 2.24) is 0 Å². The van der Waals surface area contributed by atoms with Gasteiger partial charge in [0.2, 0.25) is 0 Å². The minimum atomic E-state index is -1.81. The summed E-state index contributed by atoms with van der Waals surface area (Å²) in [5.74, 6) is 0. The van der Waals surface area contributed by atoms with Crippen LogP contribution in [0.5, 0.6) is 0 Å². The van der Waals surface area contributed by atoms with E-state index in [1.807, 2.05) is 1.60 Å². The van der Waals surface area contributed by atoms with E-state index in [-0.39, 0.29) is 0 Å². The second-order valence-corrected chi connectivity index (χ2v) is 40.3. The number of rotatable bonds is 2. The average molecular weight is 410 g/mol. The molecule has 0 aliphatic carbocycles. The fourth-order valence-electron chi connectivity index (χ4n) is 1.99. The monoisotopic (exact) mass is 412 g/mol. The molecular formula is C12H28Sn2. The van der Waals surface area contributed by atoms with Gasteiger partial charge in [0.05, 0.1) is 0 Å². The van der Waals surface area contributed by atoms with Gasteiger partial charge in [-0.05, 0) is 0 Å². The normalized spacial score (nSPS) is 14.1. The summed E-state index contributed by atoms with van der Waals surface area (Å²) >= 11 is -3.63. The molecule has 0 aromatic heterocycles. The molecule has 0 atom stereocenters. The topological polar surface area (TPSA) is 0 Å². The van der Waals surface area contributed by atoms with E-state index in [1.165, 1.54) is 0 Å². The van der Waals surface area contributed by atoms with Crippen LogP contribution >= 0.6 is 0 Å². The second kappa shape index (κ2) is 4.68. The van der Waals surface area contributed by atoms with Crippen LogP contribution < -0.4 is 0 Å². The van der Waals surface area contributed by atoms with Crippen molar-refractivity contribution in [3.8, 4) is 0 Å². The molecule has 0 spiro atoms. The molecule has 14 heavy (non-hydrogen) atoms. The van der Waals surface area contributed by atoms with E-state index >= 15 is 0 Å². The fraction of sp³-hybridized carbons (Fsp3) is 0.833. The predicted octanol–water partition coefficient (Wildman–Crippen LogP) is 4.71. The van der Waals surface area contributed by atoms with Gasteiger partial charge in [-0.25, -0.2) is 0 Å². The van der Waals surface area contributed by atoms with Crippen LogP contribution in [0.2, 0.25) is 29.6 Å². The summed E-state index contributed by atoms with van der Waals surface area (Å²) in [4.78, 5) is 15.4. The number of hydrogen-bond acceptors (Lipinski definition) is 0. The maximum atomic E-state index is 2.62. The maximum absolute atomic E-state index is 2.62. The molecule has 0 bridgehead atoms. The Balaban J connectivity index is 5.26. The van der Waals surface area contributed by atoms with Gasteiger partial charge in [0.1, 0.15) is 0 Å². The molecule has 0 amide bonds. The third-order valence-electron chi connectivity index (χ3n) is 2.19. The Kier molecular flexibility index (Phi) is 5.13. The van der Waals surface area contributed by atoms with E-state index < -0.39 is 36.8 Å². The Bertz CT molecular complexity index is 202. The van der Waals surface area contributed by atoms with Crippen LogP contribution in [0, 0.1) is 5.41 Å². The summed E-state index contributed by atoms with van der Waals surface area (Å²) in [6.45, 7) is 7.01. The first-order valence-electron chi connectivity index (χ1n) is 5.58. The molecule has 84 valence electrons. The molecular weight excluding hydrogens is 382 g/mol. The molecule has 0 radical (unpaired) electrons. The molecule has 0 rings (SSSR count). The van der Waals surface area contributed by atoms with Crippen molar-refractivity contribution in [3.05, 3.63) is 7.68 Å². The van der Waals surface area contributed by atoms with E-state index in [9.17, 15) is 0 Å². The Morgan fingerprint density at radius 1 is 0.786 bits per heavy atom. The van der Waals surface area contributed by atoms with Gasteiger partial charge in [0.25, 0.3) is 0 Å². The Labute approximate surface area is 99.3 Å². The number of hydrogen-bond donors (Lipinski definition) is 0. The first-order chi connectivity index (χ1) is 5.84. The van der Waals surface area contributed by atoms with Crippen LogP contribution in [0.15, 0.2) is 7.68 Å². The van der Waals surface area contributed by atoms with Crippen molar-refractivity contribution in [1.29, 1.82) is 0 Å². The minimum absolute atomic E-state index is 0.379. The van der Waals surface area contributed by atoms with E-state index in [0.717, 1.165) is 0 Å². The van der Waals surface area contributed by atoms with E-state index in [2.05, 4.69) is 56.5 Å². The molecule has 0 saturated heterocycles. The van der Waals surface area contributed by atoms with Crippen molar-refractivity contribution >= 4 is 36.8 Å². The fourth-order valence-corrected chi connectivity index (χ4v) is 56.4. The van der Waals surface area contributed by atoms with Gasteiger partial charge in [-0.2, -0.15) is 0 Å². The van der Waals surface area contributed by atoms with Crippen LogP contribution in [-0.4, -0.2) is 36.8 Å². The van der Waals surface area contributed by atoms with Crippen molar-refractivity contribution in [2.75, 3.05) is 0 Å². The van der Waals surface area contributed by atoms with Gasteiger partial charge in [-0.3, -0.25) is 0 Å². The second-order valence-electron chi connectivity index (χ2n) is 7.42. The molecule has 0 aliphatic heterocycles. The zero-order chi connectivity index (χ0) is 11.8. The molecule has 0 aliphatic rings. The molecule has 0 aromatic carbocycles. The van der Waals surface area contributed by atoms with Crippen molar-refractivity contribution in [2.45, 2.75) is 50.4 Å². The summed E-state index contributed by atoms with van der Waals surface area (Å²) in [5, 5.41) is 0. The Hall–Kier alpha value is 1.34. The van der Waals surface area contributed by atoms with E-state index in [1.54, 1.807) is 0 Å². The van der Waals surface area contributed by atoms with E-state index in [4.69, 9.17) is 0 Å². The Morgan fingerprint density at radius 3 is 1.14 bits per heavy atom. The summed E-state index contributed by atoms with van der Waals surface area (Å²) in [5.41, 5.74) is 0.379. The molecule has 2 heteroatoms. The zero-order valence-corrected chi connectivity index (χ0v) is 17.3. The van der Waals surface area contributed by atoms with Crippen molar-refractivity contribution < 1.29 is 0 Å². The SMILES string of the molecule is CC(C)(C)C=[C]([Sn]([CH3])([CH3])[CH3])[Sn]([CH3])([CH3])[CH3]. The standard InChI is InChI=1S/C6H10.6CH3.2Sn/c1-5-6(2,3)4;;;;;;;;/h5H,2-4H3;6*1H3;;. The van der Waals surface area contributed by atoms with Gasteiger partial charge in [-0.1, -0.05) is 0 Å². The summed E-state index contributed by atoms with van der Waals surface area (Å²) in [7, 11) is 0. The molecule has 0 nitrogen and oxygen atoms in total. The van der Waals surface area contributed by atoms with Crippen molar-refractivity contribution in [2.24, 2.45) is 5.41 Å². The Morgan fingerprint density at radius 2 is 1.07 bits per heavy atom. The van der Waals surface area contributed by atoms with Gasteiger partial charge in [-0.15, -0.1) is 0 Å². The summed E-state index contributed by atoms with van der Waals surface area (Å²) < 4.78 is 1.97. The predicted molar refractivity (Wildman–Crippen MR) is 74.2 cm³/mol. The molecule has 0 saturated carbocycles. The van der Waals surface area contributed by atoms with Gasteiger partial charge >= 0.3 is 100 Å². The summed E-state index contributed by atoms with van der Waals surface area (Å²) in [6.07, 6.45) is 2.62. The van der Waals surface area contributed by atoms with E-state index in [0.29, 0.717) is 5.41 Å². The molecule has 0 aromatic rings. The molecule has 0 fully saturated rings. The van der Waals surface area contributed by atoms with Crippen LogP contribution in [0.25, 0.3) is 0 Å². The van der Waals surface area contributed by atoms with Gasteiger partial charge in [0, 0.05) is 0 Å². The quantitative estimate of drug-likeness (QED) is 0.579. The molecule has 0 N–H and O–H groups in total. The third kappa shape index (κ3) is 6.04. The van der Waals surface area contributed by atoms with Crippen LogP contribution in [0.3, 0.4) is 0 Å². The average Bonchev–Trinajstić information content (AvgIpc) is 1.75. The van der Waals surface area contributed by atoms with Crippen LogP contribution in [0.4, 0.5) is 0 Å². The zero-order valence-electron chi connectivity index (χ0n) is 11.6. The first-order valence-corrected chi connectivity index (χ1v) is 25.6. The molecule has 0 heterocycles. The van der Waals surface area contributed by atoms with Crippen LogP contribution in [-0.2, 0) is 0 Å². The van der Waals surface area contributed by atoms with Crippen molar-refractivity contribution in [3.63, 3.8) is 0 Å². The number of allylic oxidation sites excluding steroid dienone is 1. The van der Waals surface area contributed by atoms with Gasteiger partial charge < -0.3 is 0 Å². The molecule has 0 unspecified atom stereocenters. The van der Waals surface area contributed by atoms with Gasteiger partial charge in [0.15, 0.2) is 0 Å². The summed E-state index contributed by atoms with van der Waals surface area (Å²) in [6, 6.07) is 0. The first kappa shape index (κ1) is 15.3.